The Balaban J connectivity index is 1.30. The van der Waals surface area contributed by atoms with E-state index < -0.39 is 15.9 Å². The molecule has 0 saturated heterocycles. The lowest BCUT2D eigenvalue weighted by Crippen LogP contribution is -2.28. The average molecular weight is 623 g/mol. The Morgan fingerprint density at radius 1 is 1.02 bits per heavy atom. The predicted molar refractivity (Wildman–Crippen MR) is 167 cm³/mol. The number of halogens is 2. The number of anilines is 1. The summed E-state index contributed by atoms with van der Waals surface area (Å²) in [5.41, 5.74) is 3.20. The van der Waals surface area contributed by atoms with Crippen LogP contribution in [-0.2, 0) is 23.0 Å². The van der Waals surface area contributed by atoms with E-state index in [9.17, 15) is 12.8 Å². The number of fused-ring (bicyclic) bond motifs is 1. The van der Waals surface area contributed by atoms with Gasteiger partial charge in [-0.25, -0.2) is 22.8 Å². The first-order valence-corrected chi connectivity index (χ1v) is 16.3. The van der Waals surface area contributed by atoms with Crippen molar-refractivity contribution in [3.8, 4) is 17.1 Å². The standard InChI is InChI=1S/C32H32ClFN4O4S/c1-3-13-35-28(19-43(2,39)40)31-12-11-29(42-31)23-8-9-27-25(16-23)32(38-20-37-27)36-17-21-7-10-30(26(33)15-21)41-18-22-5-4-6-24(34)14-22/h4-12,14-16,20,28,35H,3,13,17-19H2,1-2H3,(H,36,37,38). The van der Waals surface area contributed by atoms with Crippen LogP contribution >= 0.6 is 11.6 Å². The number of benzene rings is 3. The van der Waals surface area contributed by atoms with Gasteiger partial charge in [0.15, 0.2) is 0 Å². The molecule has 1 atom stereocenters. The summed E-state index contributed by atoms with van der Waals surface area (Å²) in [6, 6.07) is 20.7. The van der Waals surface area contributed by atoms with Crippen molar-refractivity contribution in [1.82, 2.24) is 15.3 Å². The summed E-state index contributed by atoms with van der Waals surface area (Å²) >= 11 is 6.48. The predicted octanol–water partition coefficient (Wildman–Crippen LogP) is 6.96. The van der Waals surface area contributed by atoms with Crippen molar-refractivity contribution in [1.29, 1.82) is 0 Å². The summed E-state index contributed by atoms with van der Waals surface area (Å²) in [5.74, 6) is 1.96. The molecule has 2 heterocycles. The molecule has 2 N–H and O–H groups in total. The van der Waals surface area contributed by atoms with Gasteiger partial charge in [0.25, 0.3) is 0 Å². The Kier molecular flexibility index (Phi) is 9.59. The summed E-state index contributed by atoms with van der Waals surface area (Å²) in [4.78, 5) is 8.85. The highest BCUT2D eigenvalue weighted by Gasteiger charge is 2.21. The molecular weight excluding hydrogens is 591 g/mol. The van der Waals surface area contributed by atoms with Crippen LogP contribution < -0.4 is 15.4 Å². The van der Waals surface area contributed by atoms with E-state index in [1.165, 1.54) is 24.7 Å². The van der Waals surface area contributed by atoms with Crippen molar-refractivity contribution in [3.63, 3.8) is 0 Å². The molecule has 0 aliphatic heterocycles. The van der Waals surface area contributed by atoms with Crippen LogP contribution in [0.2, 0.25) is 5.02 Å². The zero-order valence-corrected chi connectivity index (χ0v) is 25.4. The Labute approximate surface area is 255 Å². The van der Waals surface area contributed by atoms with Crippen molar-refractivity contribution in [2.45, 2.75) is 32.5 Å². The van der Waals surface area contributed by atoms with Gasteiger partial charge in [-0.05, 0) is 78.7 Å². The normalized spacial score (nSPS) is 12.4. The topological polar surface area (TPSA) is 106 Å². The molecule has 43 heavy (non-hydrogen) atoms. The second-order valence-electron chi connectivity index (χ2n) is 10.3. The number of nitrogens with one attached hydrogen (secondary N) is 2. The largest absolute Gasteiger partial charge is 0.487 e. The molecule has 224 valence electrons. The summed E-state index contributed by atoms with van der Waals surface area (Å²) in [5, 5.41) is 7.88. The van der Waals surface area contributed by atoms with Crippen molar-refractivity contribution >= 4 is 38.2 Å². The lowest BCUT2D eigenvalue weighted by molar-refractivity contribution is 0.305. The molecule has 1 unspecified atom stereocenters. The van der Waals surface area contributed by atoms with Crippen LogP contribution in [0.5, 0.6) is 5.75 Å². The van der Waals surface area contributed by atoms with Gasteiger partial charge in [0.2, 0.25) is 0 Å². The van der Waals surface area contributed by atoms with Crippen LogP contribution in [0.3, 0.4) is 0 Å². The van der Waals surface area contributed by atoms with Gasteiger partial charge in [-0.1, -0.05) is 36.7 Å². The monoisotopic (exact) mass is 622 g/mol. The second-order valence-corrected chi connectivity index (χ2v) is 12.9. The van der Waals surface area contributed by atoms with Crippen LogP contribution in [-0.4, -0.2) is 36.9 Å². The van der Waals surface area contributed by atoms with Crippen molar-refractivity contribution in [3.05, 3.63) is 107 Å². The first-order valence-electron chi connectivity index (χ1n) is 13.8. The lowest BCUT2D eigenvalue weighted by atomic mass is 10.1. The number of rotatable bonds is 13. The molecule has 11 heteroatoms. The molecular formula is C32H32ClFN4O4S. The minimum Gasteiger partial charge on any atom is -0.487 e. The molecule has 8 nitrogen and oxygen atoms in total. The van der Waals surface area contributed by atoms with Gasteiger partial charge >= 0.3 is 0 Å². The zero-order chi connectivity index (χ0) is 30.4. The first kappa shape index (κ1) is 30.5. The van der Waals surface area contributed by atoms with Crippen LogP contribution in [0.4, 0.5) is 10.2 Å². The second kappa shape index (κ2) is 13.5. The van der Waals surface area contributed by atoms with E-state index in [2.05, 4.69) is 20.6 Å². The number of sulfone groups is 1. The Morgan fingerprint density at radius 3 is 2.65 bits per heavy atom. The maximum atomic E-state index is 13.4. The maximum absolute atomic E-state index is 13.4. The Bertz CT molecular complexity index is 1830. The first-order chi connectivity index (χ1) is 20.7. The highest BCUT2D eigenvalue weighted by atomic mass is 35.5. The fourth-order valence-corrected chi connectivity index (χ4v) is 5.80. The summed E-state index contributed by atoms with van der Waals surface area (Å²) < 4.78 is 49.4. The molecule has 2 aromatic heterocycles. The number of ether oxygens (including phenoxy) is 1. The van der Waals surface area contributed by atoms with E-state index in [4.69, 9.17) is 20.8 Å². The maximum Gasteiger partial charge on any atom is 0.149 e. The van der Waals surface area contributed by atoms with Gasteiger partial charge < -0.3 is 19.8 Å². The van der Waals surface area contributed by atoms with Gasteiger partial charge in [-0.2, -0.15) is 0 Å². The fraction of sp³-hybridized carbons (Fsp3) is 0.250. The van der Waals surface area contributed by atoms with Crippen LogP contribution in [0.1, 0.15) is 36.3 Å². The van der Waals surface area contributed by atoms with Crippen molar-refractivity contribution < 1.29 is 22.0 Å². The highest BCUT2D eigenvalue weighted by Crippen LogP contribution is 2.31. The van der Waals surface area contributed by atoms with Crippen molar-refractivity contribution in [2.24, 2.45) is 0 Å². The summed E-state index contributed by atoms with van der Waals surface area (Å²) in [6.45, 7) is 3.35. The minimum absolute atomic E-state index is 0.0519. The SMILES string of the molecule is CCCNC(CS(C)(=O)=O)c1ccc(-c2ccc3ncnc(NCc4ccc(OCc5cccc(F)c5)c(Cl)c4)c3c2)o1. The highest BCUT2D eigenvalue weighted by molar-refractivity contribution is 7.90. The molecule has 0 radical (unpaired) electrons. The van der Waals surface area contributed by atoms with E-state index in [1.807, 2.05) is 49.4 Å². The van der Waals surface area contributed by atoms with E-state index in [0.717, 1.165) is 28.5 Å². The van der Waals surface area contributed by atoms with E-state index in [1.54, 1.807) is 18.2 Å². The molecule has 0 fully saturated rings. The van der Waals surface area contributed by atoms with Crippen molar-refractivity contribution in [2.75, 3.05) is 23.9 Å². The molecule has 0 aliphatic rings. The molecule has 3 aromatic carbocycles. The Morgan fingerprint density at radius 2 is 1.88 bits per heavy atom. The molecule has 0 bridgehead atoms. The van der Waals surface area contributed by atoms with Gasteiger partial charge in [-0.3, -0.25) is 0 Å². The molecule has 0 saturated carbocycles. The molecule has 5 rings (SSSR count). The smallest absolute Gasteiger partial charge is 0.149 e. The van der Waals surface area contributed by atoms with E-state index in [0.29, 0.717) is 46.8 Å². The van der Waals surface area contributed by atoms with E-state index in [-0.39, 0.29) is 18.2 Å². The van der Waals surface area contributed by atoms with E-state index >= 15 is 0 Å². The van der Waals surface area contributed by atoms with Gasteiger partial charge in [0.1, 0.15) is 51.7 Å². The number of hydrogen-bond donors (Lipinski definition) is 2. The number of nitrogens with zero attached hydrogens (tertiary/aromatic N) is 2. The third kappa shape index (κ3) is 8.10. The van der Waals surface area contributed by atoms with Crippen LogP contribution in [0.15, 0.2) is 83.5 Å². The fourth-order valence-electron chi connectivity index (χ4n) is 4.65. The third-order valence-corrected chi connectivity index (χ3v) is 7.97. The van der Waals surface area contributed by atoms with Crippen LogP contribution in [0, 0.1) is 5.82 Å². The summed E-state index contributed by atoms with van der Waals surface area (Å²) in [6.07, 6.45) is 3.59. The number of aromatic nitrogens is 2. The van der Waals surface area contributed by atoms with Gasteiger partial charge in [0.05, 0.1) is 22.3 Å². The van der Waals surface area contributed by atoms with Gasteiger partial charge in [0, 0.05) is 23.8 Å². The van der Waals surface area contributed by atoms with Crippen LogP contribution in [0.25, 0.3) is 22.2 Å². The summed E-state index contributed by atoms with van der Waals surface area (Å²) in [7, 11) is -3.22. The lowest BCUT2D eigenvalue weighted by Gasteiger charge is -2.15. The molecule has 0 aliphatic carbocycles. The quantitative estimate of drug-likeness (QED) is 0.145. The molecule has 0 spiro atoms. The zero-order valence-electron chi connectivity index (χ0n) is 23.8. The number of furan rings is 1. The number of hydrogen-bond acceptors (Lipinski definition) is 8. The average Bonchev–Trinajstić information content (AvgIpc) is 3.47. The molecule has 5 aromatic rings. The minimum atomic E-state index is -3.22. The third-order valence-electron chi connectivity index (χ3n) is 6.74. The molecule has 0 amide bonds. The Hall–Kier alpha value is -3.99. The van der Waals surface area contributed by atoms with Gasteiger partial charge in [-0.15, -0.1) is 0 Å².